The van der Waals surface area contributed by atoms with E-state index in [0.717, 1.165) is 6.42 Å². The van der Waals surface area contributed by atoms with Gasteiger partial charge in [0.1, 0.15) is 6.33 Å². The second-order valence-electron chi connectivity index (χ2n) is 5.31. The fraction of sp³-hybridized carbons (Fsp3) is 0.375. The second kappa shape index (κ2) is 8.21. The van der Waals surface area contributed by atoms with Crippen LogP contribution < -0.4 is 5.32 Å². The maximum Gasteiger partial charge on any atom is 0.335 e. The summed E-state index contributed by atoms with van der Waals surface area (Å²) in [5, 5.41) is 19.7. The van der Waals surface area contributed by atoms with Crippen molar-refractivity contribution in [3.8, 4) is 0 Å². The van der Waals surface area contributed by atoms with E-state index in [1.54, 1.807) is 26.4 Å². The van der Waals surface area contributed by atoms with Gasteiger partial charge in [0.2, 0.25) is 0 Å². The average Bonchev–Trinajstić information content (AvgIpc) is 3.03. The summed E-state index contributed by atoms with van der Waals surface area (Å²) >= 11 is 0. The first-order valence-electron chi connectivity index (χ1n) is 7.53. The Morgan fingerprint density at radius 1 is 1.38 bits per heavy atom. The number of rotatable bonds is 8. The van der Waals surface area contributed by atoms with Gasteiger partial charge in [0, 0.05) is 25.8 Å². The van der Waals surface area contributed by atoms with E-state index < -0.39 is 5.97 Å². The minimum atomic E-state index is -1.07. The highest BCUT2D eigenvalue weighted by Crippen LogP contribution is 2.12. The zero-order chi connectivity index (χ0) is 17.5. The lowest BCUT2D eigenvalue weighted by Gasteiger charge is -2.15. The van der Waals surface area contributed by atoms with Crippen molar-refractivity contribution >= 4 is 11.9 Å². The molecule has 1 heterocycles. The van der Waals surface area contributed by atoms with Crippen molar-refractivity contribution < 1.29 is 19.4 Å². The molecule has 2 rings (SSSR count). The SMILES string of the molecule is COCCCn1cnnc1[C@@H](C)NC(=O)c1cccc(C(=O)O)c1. The number of aromatic nitrogens is 3. The lowest BCUT2D eigenvalue weighted by atomic mass is 10.1. The van der Waals surface area contributed by atoms with Crippen LogP contribution >= 0.6 is 0 Å². The minimum Gasteiger partial charge on any atom is -0.478 e. The summed E-state index contributed by atoms with van der Waals surface area (Å²) in [4.78, 5) is 23.3. The number of carbonyl (C=O) groups excluding carboxylic acids is 1. The van der Waals surface area contributed by atoms with E-state index in [9.17, 15) is 9.59 Å². The summed E-state index contributed by atoms with van der Waals surface area (Å²) < 4.78 is 6.88. The Balaban J connectivity index is 2.05. The number of nitrogens with one attached hydrogen (secondary N) is 1. The number of methoxy groups -OCH3 is 1. The van der Waals surface area contributed by atoms with E-state index in [0.29, 0.717) is 19.0 Å². The van der Waals surface area contributed by atoms with Gasteiger partial charge in [-0.1, -0.05) is 6.07 Å². The molecular formula is C16H20N4O4. The molecule has 1 aromatic carbocycles. The summed E-state index contributed by atoms with van der Waals surface area (Å²) in [6, 6.07) is 5.52. The van der Waals surface area contributed by atoms with Gasteiger partial charge in [0.15, 0.2) is 5.82 Å². The minimum absolute atomic E-state index is 0.0676. The number of carboxylic acid groups (broad SMARTS) is 1. The monoisotopic (exact) mass is 332 g/mol. The van der Waals surface area contributed by atoms with E-state index in [-0.39, 0.29) is 23.1 Å². The van der Waals surface area contributed by atoms with Gasteiger partial charge in [-0.2, -0.15) is 0 Å². The van der Waals surface area contributed by atoms with Gasteiger partial charge in [-0.25, -0.2) is 4.79 Å². The third kappa shape index (κ3) is 4.39. The maximum absolute atomic E-state index is 12.3. The Labute approximate surface area is 139 Å². The molecule has 1 aromatic heterocycles. The standard InChI is InChI=1S/C16H20N4O4/c1-11(14-19-17-10-20(14)7-4-8-24-2)18-15(21)12-5-3-6-13(9-12)16(22)23/h3,5-6,9-11H,4,7-8H2,1-2H3,(H,18,21)(H,22,23)/t11-/m1/s1. The molecular weight excluding hydrogens is 312 g/mol. The van der Waals surface area contributed by atoms with Gasteiger partial charge in [-0.05, 0) is 31.5 Å². The van der Waals surface area contributed by atoms with Crippen LogP contribution in [0.1, 0.15) is 45.9 Å². The van der Waals surface area contributed by atoms with E-state index in [4.69, 9.17) is 9.84 Å². The number of amides is 1. The molecule has 0 aliphatic rings. The van der Waals surface area contributed by atoms with Crippen LogP contribution in [0, 0.1) is 0 Å². The first-order valence-corrected chi connectivity index (χ1v) is 7.53. The highest BCUT2D eigenvalue weighted by molar-refractivity contribution is 5.97. The van der Waals surface area contributed by atoms with Crippen LogP contribution in [0.5, 0.6) is 0 Å². The predicted molar refractivity (Wildman–Crippen MR) is 85.8 cm³/mol. The van der Waals surface area contributed by atoms with Crippen LogP contribution in [0.25, 0.3) is 0 Å². The van der Waals surface area contributed by atoms with Gasteiger partial charge in [0.05, 0.1) is 11.6 Å². The first kappa shape index (κ1) is 17.6. The Bertz CT molecular complexity index is 714. The number of aryl methyl sites for hydroxylation is 1. The number of aromatic carboxylic acids is 1. The number of benzene rings is 1. The van der Waals surface area contributed by atoms with Crippen molar-refractivity contribution in [2.45, 2.75) is 25.9 Å². The predicted octanol–water partition coefficient (Wildman–Crippen LogP) is 1.50. The van der Waals surface area contributed by atoms with Crippen molar-refractivity contribution in [1.82, 2.24) is 20.1 Å². The zero-order valence-electron chi connectivity index (χ0n) is 13.6. The van der Waals surface area contributed by atoms with Crippen molar-refractivity contribution in [3.05, 3.63) is 47.5 Å². The number of nitrogens with zero attached hydrogens (tertiary/aromatic N) is 3. The molecule has 0 saturated heterocycles. The molecule has 8 nitrogen and oxygen atoms in total. The molecule has 0 bridgehead atoms. The highest BCUT2D eigenvalue weighted by Gasteiger charge is 2.17. The third-order valence-electron chi connectivity index (χ3n) is 3.50. The van der Waals surface area contributed by atoms with Crippen LogP contribution in [0.3, 0.4) is 0 Å². The Hall–Kier alpha value is -2.74. The van der Waals surface area contributed by atoms with Gasteiger partial charge in [0.25, 0.3) is 5.91 Å². The summed E-state index contributed by atoms with van der Waals surface area (Å²) in [7, 11) is 1.64. The lowest BCUT2D eigenvalue weighted by Crippen LogP contribution is -2.29. The van der Waals surface area contributed by atoms with Crippen LogP contribution in [-0.2, 0) is 11.3 Å². The number of hydrogen-bond acceptors (Lipinski definition) is 5. The maximum atomic E-state index is 12.3. The molecule has 0 aliphatic carbocycles. The highest BCUT2D eigenvalue weighted by atomic mass is 16.5. The molecule has 0 unspecified atom stereocenters. The molecule has 0 spiro atoms. The van der Waals surface area contributed by atoms with Gasteiger partial charge < -0.3 is 19.7 Å². The summed E-state index contributed by atoms with van der Waals surface area (Å²) in [6.07, 6.45) is 2.42. The van der Waals surface area contributed by atoms with E-state index in [2.05, 4.69) is 15.5 Å². The zero-order valence-corrected chi connectivity index (χ0v) is 13.6. The average molecular weight is 332 g/mol. The Kier molecular flexibility index (Phi) is 6.02. The molecule has 8 heteroatoms. The topological polar surface area (TPSA) is 106 Å². The summed E-state index contributed by atoms with van der Waals surface area (Å²) in [5.74, 6) is -0.804. The van der Waals surface area contributed by atoms with E-state index in [1.165, 1.54) is 18.2 Å². The van der Waals surface area contributed by atoms with Crippen molar-refractivity contribution in [1.29, 1.82) is 0 Å². The molecule has 0 aliphatic heterocycles. The molecule has 2 N–H and O–H groups in total. The van der Waals surface area contributed by atoms with Gasteiger partial charge >= 0.3 is 5.97 Å². The largest absolute Gasteiger partial charge is 0.478 e. The van der Waals surface area contributed by atoms with Crippen molar-refractivity contribution in [3.63, 3.8) is 0 Å². The fourth-order valence-electron chi connectivity index (χ4n) is 2.29. The summed E-state index contributed by atoms with van der Waals surface area (Å²) in [5.41, 5.74) is 0.352. The Morgan fingerprint density at radius 3 is 2.83 bits per heavy atom. The normalized spacial score (nSPS) is 11.9. The molecule has 0 saturated carbocycles. The van der Waals surface area contributed by atoms with E-state index >= 15 is 0 Å². The number of ether oxygens (including phenoxy) is 1. The fourth-order valence-corrected chi connectivity index (χ4v) is 2.29. The van der Waals surface area contributed by atoms with E-state index in [1.807, 2.05) is 4.57 Å². The van der Waals surface area contributed by atoms with Crippen LogP contribution in [0.2, 0.25) is 0 Å². The quantitative estimate of drug-likeness (QED) is 0.710. The first-order chi connectivity index (χ1) is 11.5. The third-order valence-corrected chi connectivity index (χ3v) is 3.50. The van der Waals surface area contributed by atoms with Crippen LogP contribution in [0.4, 0.5) is 0 Å². The van der Waals surface area contributed by atoms with Gasteiger partial charge in [-0.15, -0.1) is 10.2 Å². The number of carbonyl (C=O) groups is 2. The smallest absolute Gasteiger partial charge is 0.335 e. The molecule has 128 valence electrons. The molecule has 0 fully saturated rings. The van der Waals surface area contributed by atoms with Crippen LogP contribution in [0.15, 0.2) is 30.6 Å². The summed E-state index contributed by atoms with van der Waals surface area (Å²) in [6.45, 7) is 3.11. The van der Waals surface area contributed by atoms with Crippen molar-refractivity contribution in [2.75, 3.05) is 13.7 Å². The van der Waals surface area contributed by atoms with Crippen molar-refractivity contribution in [2.24, 2.45) is 0 Å². The molecule has 0 radical (unpaired) electrons. The Morgan fingerprint density at radius 2 is 2.12 bits per heavy atom. The molecule has 1 atom stereocenters. The number of hydrogen-bond donors (Lipinski definition) is 2. The van der Waals surface area contributed by atoms with Gasteiger partial charge in [-0.3, -0.25) is 4.79 Å². The molecule has 2 aromatic rings. The van der Waals surface area contributed by atoms with Crippen LogP contribution in [-0.4, -0.2) is 45.5 Å². The number of carboxylic acids is 1. The lowest BCUT2D eigenvalue weighted by molar-refractivity contribution is 0.0697. The molecule has 1 amide bonds. The second-order valence-corrected chi connectivity index (χ2v) is 5.31. The molecule has 24 heavy (non-hydrogen) atoms.